The van der Waals surface area contributed by atoms with Crippen LogP contribution in [-0.2, 0) is 9.84 Å². The van der Waals surface area contributed by atoms with Crippen LogP contribution in [0, 0.1) is 5.92 Å². The number of nitrogens with one attached hydrogen (secondary N) is 1. The second-order valence-corrected chi connectivity index (χ2v) is 7.77. The Morgan fingerprint density at radius 2 is 2.00 bits per heavy atom. The molecule has 110 valence electrons. The molecular weight excluding hydrogens is 282 g/mol. The van der Waals surface area contributed by atoms with Crippen molar-refractivity contribution < 1.29 is 8.42 Å². The van der Waals surface area contributed by atoms with E-state index in [1.807, 2.05) is 6.92 Å². The summed E-state index contributed by atoms with van der Waals surface area (Å²) in [5, 5.41) is 3.85. The third kappa shape index (κ3) is 3.82. The Morgan fingerprint density at radius 3 is 2.47 bits per heavy atom. The van der Waals surface area contributed by atoms with E-state index in [2.05, 4.69) is 30.5 Å². The van der Waals surface area contributed by atoms with Gasteiger partial charge in [-0.2, -0.15) is 4.37 Å². The van der Waals surface area contributed by atoms with Crippen LogP contribution in [0.25, 0.3) is 0 Å². The first kappa shape index (κ1) is 16.2. The van der Waals surface area contributed by atoms with Crippen molar-refractivity contribution in [3.8, 4) is 0 Å². The molecule has 0 aliphatic rings. The maximum atomic E-state index is 12.2. The Kier molecular flexibility index (Phi) is 5.61. The van der Waals surface area contributed by atoms with Crippen molar-refractivity contribution in [3.63, 3.8) is 0 Å². The number of aromatic nitrogens is 1. The molecule has 0 saturated heterocycles. The van der Waals surface area contributed by atoms with Gasteiger partial charge in [-0.25, -0.2) is 8.42 Å². The standard InChI is InChI=1S/C12H23N3O2S2/c1-5-7-19(16,17)10-11(13)15-18-12(10)14-9(6-2)8(3)4/h8-9,14H,5-7H2,1-4H3,(H2,13,15). The molecule has 0 amide bonds. The van der Waals surface area contributed by atoms with Crippen molar-refractivity contribution in [3.05, 3.63) is 0 Å². The van der Waals surface area contributed by atoms with Crippen LogP contribution < -0.4 is 11.1 Å². The lowest BCUT2D eigenvalue weighted by molar-refractivity contribution is 0.511. The minimum atomic E-state index is -3.35. The molecule has 1 unspecified atom stereocenters. The Balaban J connectivity index is 3.11. The number of nitrogens with two attached hydrogens (primary N) is 1. The highest BCUT2D eigenvalue weighted by atomic mass is 32.2. The number of hydrogen-bond donors (Lipinski definition) is 2. The van der Waals surface area contributed by atoms with Gasteiger partial charge >= 0.3 is 0 Å². The Morgan fingerprint density at radius 1 is 1.37 bits per heavy atom. The fraction of sp³-hybridized carbons (Fsp3) is 0.750. The van der Waals surface area contributed by atoms with E-state index in [-0.39, 0.29) is 22.5 Å². The highest BCUT2D eigenvalue weighted by Crippen LogP contribution is 2.34. The summed E-state index contributed by atoms with van der Waals surface area (Å²) in [5.74, 6) is 0.623. The molecule has 7 heteroatoms. The van der Waals surface area contributed by atoms with Crippen LogP contribution in [0.15, 0.2) is 4.90 Å². The molecule has 1 heterocycles. The van der Waals surface area contributed by atoms with Crippen molar-refractivity contribution in [1.82, 2.24) is 4.37 Å². The summed E-state index contributed by atoms with van der Waals surface area (Å²) < 4.78 is 28.4. The van der Waals surface area contributed by atoms with E-state index in [0.29, 0.717) is 17.3 Å². The largest absolute Gasteiger partial charge is 0.382 e. The van der Waals surface area contributed by atoms with Gasteiger partial charge in [-0.05, 0) is 30.3 Å². The van der Waals surface area contributed by atoms with E-state index >= 15 is 0 Å². The van der Waals surface area contributed by atoms with E-state index in [4.69, 9.17) is 5.73 Å². The summed E-state index contributed by atoms with van der Waals surface area (Å²) in [7, 11) is -3.35. The number of anilines is 2. The SMILES string of the molecule is CCCS(=O)(=O)c1c(N)nsc1NC(CC)C(C)C. The Labute approximate surface area is 119 Å². The van der Waals surface area contributed by atoms with Gasteiger partial charge in [-0.1, -0.05) is 27.7 Å². The van der Waals surface area contributed by atoms with Crippen molar-refractivity contribution in [1.29, 1.82) is 0 Å². The predicted molar refractivity (Wildman–Crippen MR) is 81.4 cm³/mol. The van der Waals surface area contributed by atoms with Crippen LogP contribution in [0.4, 0.5) is 10.8 Å². The molecule has 1 rings (SSSR count). The molecule has 0 fully saturated rings. The maximum Gasteiger partial charge on any atom is 0.185 e. The lowest BCUT2D eigenvalue weighted by atomic mass is 10.0. The van der Waals surface area contributed by atoms with Gasteiger partial charge in [0, 0.05) is 6.04 Å². The summed E-state index contributed by atoms with van der Waals surface area (Å²) in [4.78, 5) is 0.179. The highest BCUT2D eigenvalue weighted by molar-refractivity contribution is 7.91. The smallest absolute Gasteiger partial charge is 0.185 e. The third-order valence-electron chi connectivity index (χ3n) is 3.02. The normalized spacial score (nSPS) is 13.7. The predicted octanol–water partition coefficient (Wildman–Crippen LogP) is 2.76. The van der Waals surface area contributed by atoms with Crippen molar-refractivity contribution >= 4 is 32.2 Å². The number of nitrogen functional groups attached to an aromatic ring is 1. The molecule has 5 nitrogen and oxygen atoms in total. The van der Waals surface area contributed by atoms with Crippen LogP contribution in [0.2, 0.25) is 0 Å². The van der Waals surface area contributed by atoms with Gasteiger partial charge in [0.2, 0.25) is 0 Å². The minimum absolute atomic E-state index is 0.1000. The van der Waals surface area contributed by atoms with Crippen molar-refractivity contribution in [2.45, 2.75) is 51.5 Å². The van der Waals surface area contributed by atoms with Gasteiger partial charge in [0.25, 0.3) is 0 Å². The summed E-state index contributed by atoms with van der Waals surface area (Å²) in [6, 6.07) is 0.218. The molecule has 0 aliphatic heterocycles. The van der Waals surface area contributed by atoms with Crippen LogP contribution in [0.3, 0.4) is 0 Å². The van der Waals surface area contributed by atoms with Gasteiger partial charge in [-0.3, -0.25) is 0 Å². The zero-order valence-electron chi connectivity index (χ0n) is 11.9. The van der Waals surface area contributed by atoms with Crippen molar-refractivity contribution in [2.75, 3.05) is 16.8 Å². The zero-order chi connectivity index (χ0) is 14.6. The lowest BCUT2D eigenvalue weighted by Gasteiger charge is -2.21. The molecular formula is C12H23N3O2S2. The van der Waals surface area contributed by atoms with Gasteiger partial charge in [0.15, 0.2) is 15.7 Å². The van der Waals surface area contributed by atoms with Crippen LogP contribution in [-0.4, -0.2) is 24.6 Å². The monoisotopic (exact) mass is 305 g/mol. The molecule has 0 bridgehead atoms. The molecule has 1 atom stereocenters. The molecule has 3 N–H and O–H groups in total. The maximum absolute atomic E-state index is 12.2. The topological polar surface area (TPSA) is 85.1 Å². The number of nitrogens with zero attached hydrogens (tertiary/aromatic N) is 1. The molecule has 0 saturated carbocycles. The number of rotatable bonds is 7. The second-order valence-electron chi connectivity index (χ2n) is 4.95. The third-order valence-corrected chi connectivity index (χ3v) is 5.92. The first-order valence-electron chi connectivity index (χ1n) is 6.57. The van der Waals surface area contributed by atoms with E-state index < -0.39 is 9.84 Å². The minimum Gasteiger partial charge on any atom is -0.382 e. The first-order chi connectivity index (χ1) is 8.83. The molecule has 0 spiro atoms. The average Bonchev–Trinajstić information content (AvgIpc) is 2.67. The summed E-state index contributed by atoms with van der Waals surface area (Å²) in [5.41, 5.74) is 5.73. The molecule has 1 aromatic rings. The number of hydrogen-bond acceptors (Lipinski definition) is 6. The highest BCUT2D eigenvalue weighted by Gasteiger charge is 2.26. The van der Waals surface area contributed by atoms with Gasteiger partial charge in [-0.15, -0.1) is 0 Å². The second kappa shape index (κ2) is 6.56. The lowest BCUT2D eigenvalue weighted by Crippen LogP contribution is -2.25. The fourth-order valence-corrected chi connectivity index (χ4v) is 4.64. The van der Waals surface area contributed by atoms with Crippen LogP contribution >= 0.6 is 11.5 Å². The van der Waals surface area contributed by atoms with E-state index in [1.54, 1.807) is 0 Å². The molecule has 0 aliphatic carbocycles. The zero-order valence-corrected chi connectivity index (χ0v) is 13.6. The van der Waals surface area contributed by atoms with Crippen LogP contribution in [0.1, 0.15) is 40.5 Å². The van der Waals surface area contributed by atoms with E-state index in [0.717, 1.165) is 18.0 Å². The molecule has 1 aromatic heterocycles. The Bertz CT molecular complexity index is 509. The van der Waals surface area contributed by atoms with E-state index in [9.17, 15) is 8.42 Å². The quantitative estimate of drug-likeness (QED) is 0.809. The summed E-state index contributed by atoms with van der Waals surface area (Å²) in [6.45, 7) is 8.11. The van der Waals surface area contributed by atoms with Crippen molar-refractivity contribution in [2.24, 2.45) is 5.92 Å². The van der Waals surface area contributed by atoms with E-state index in [1.165, 1.54) is 0 Å². The van der Waals surface area contributed by atoms with Gasteiger partial charge in [0.05, 0.1) is 5.75 Å². The summed E-state index contributed by atoms with van der Waals surface area (Å²) >= 11 is 1.12. The van der Waals surface area contributed by atoms with Gasteiger partial charge < -0.3 is 11.1 Å². The number of sulfone groups is 1. The van der Waals surface area contributed by atoms with Gasteiger partial charge in [0.1, 0.15) is 9.90 Å². The average molecular weight is 305 g/mol. The molecule has 0 aromatic carbocycles. The first-order valence-corrected chi connectivity index (χ1v) is 9.00. The summed E-state index contributed by atoms with van der Waals surface area (Å²) in [6.07, 6.45) is 1.49. The fourth-order valence-electron chi connectivity index (χ4n) is 1.97. The molecule has 0 radical (unpaired) electrons. The molecule has 19 heavy (non-hydrogen) atoms. The van der Waals surface area contributed by atoms with Crippen LogP contribution in [0.5, 0.6) is 0 Å². The Hall–Kier alpha value is -0.820.